The molecule has 2 saturated heterocycles. The molecule has 56 heavy (non-hydrogen) atoms. The molecule has 0 unspecified atom stereocenters. The molecule has 2 heterocycles. The Morgan fingerprint density at radius 2 is 1.59 bits per heavy atom. The fourth-order valence-corrected chi connectivity index (χ4v) is 9.59. The van der Waals surface area contributed by atoms with Gasteiger partial charge < -0.3 is 14.6 Å². The van der Waals surface area contributed by atoms with E-state index in [1.807, 2.05) is 6.07 Å². The Morgan fingerprint density at radius 3 is 2.27 bits per heavy atom. The van der Waals surface area contributed by atoms with Crippen molar-refractivity contribution in [1.82, 2.24) is 9.91 Å². The maximum absolute atomic E-state index is 15.4. The number of carbonyl (C=O) groups is 4. The number of nitrogens with zero attached hydrogens (tertiary/aromatic N) is 2. The lowest BCUT2D eigenvalue weighted by Crippen LogP contribution is -2.53. The Bertz CT molecular complexity index is 2310. The lowest BCUT2D eigenvalue weighted by molar-refractivity contribution is -0.274. The first kappa shape index (κ1) is 37.4. The molecule has 4 aromatic carbocycles. The fraction of sp³-hybridized carbons (Fsp3) is 0.268. The Kier molecular flexibility index (Phi) is 9.28. The molecule has 3 fully saturated rings. The van der Waals surface area contributed by atoms with Crippen LogP contribution < -0.4 is 14.9 Å². The number of rotatable bonds is 8. The number of likely N-dealkylation sites (tertiary alicyclic amines) is 1. The molecule has 2 N–H and O–H groups in total. The van der Waals surface area contributed by atoms with Crippen molar-refractivity contribution in [2.45, 2.75) is 37.1 Å². The van der Waals surface area contributed by atoms with Crippen LogP contribution in [0.4, 0.5) is 18.9 Å². The number of carbonyl (C=O) groups excluding carboxylic acids is 4. The summed E-state index contributed by atoms with van der Waals surface area (Å²) < 4.78 is 50.6. The van der Waals surface area contributed by atoms with Crippen LogP contribution in [0.2, 0.25) is 10.0 Å². The number of alkyl halides is 3. The first-order valence-corrected chi connectivity index (χ1v) is 18.4. The lowest BCUT2D eigenvalue weighted by atomic mass is 9.49. The molecule has 8 rings (SSSR count). The normalized spacial score (nSPS) is 25.8. The van der Waals surface area contributed by atoms with E-state index in [0.717, 1.165) is 28.8 Å². The monoisotopic (exact) mass is 805 g/mol. The number of halogens is 5. The van der Waals surface area contributed by atoms with Crippen molar-refractivity contribution in [3.8, 4) is 17.2 Å². The molecule has 0 bridgehead atoms. The first-order chi connectivity index (χ1) is 26.7. The molecular weight excluding hydrogens is 774 g/mol. The topological polar surface area (TPSA) is 125 Å². The Labute approximate surface area is 328 Å². The molecule has 10 nitrogen and oxygen atoms in total. The van der Waals surface area contributed by atoms with Gasteiger partial charge in [-0.3, -0.25) is 29.5 Å². The number of phenolic OH excluding ortho intramolecular Hbond substituents is 1. The Morgan fingerprint density at radius 1 is 0.875 bits per heavy atom. The molecule has 0 aromatic heterocycles. The standard InChI is InChI=1S/C41H32Cl2F3N3O7/c1-55-24-10-7-22(8-11-24)40-30(37(52)49(39(40)54)47-32-15-9-23(42)17-31(32)43)19-28-26(35(40)29-18-25(12-16-33(29)50)56-41(44,45)46)13-14-27-34(28)38(53)48(36(27)51)20-21-5-3-2-4-6-21/h2-13,15-18,27-28,30,34-35,47,50H,14,19-20H2,1H3/t27-,28+,30-,34-,35+,40+/m0/s1. The number of nitrogens with one attached hydrogen (secondary N) is 1. The molecule has 2 aliphatic carbocycles. The van der Waals surface area contributed by atoms with E-state index in [1.54, 1.807) is 54.6 Å². The van der Waals surface area contributed by atoms with E-state index in [4.69, 9.17) is 27.9 Å². The summed E-state index contributed by atoms with van der Waals surface area (Å²) in [5.74, 6) is -8.31. The average molecular weight is 807 g/mol. The zero-order valence-corrected chi connectivity index (χ0v) is 30.9. The number of hydrazine groups is 1. The first-order valence-electron chi connectivity index (χ1n) is 17.6. The number of anilines is 1. The Hall–Kier alpha value is -5.53. The van der Waals surface area contributed by atoms with Gasteiger partial charge in [-0.2, -0.15) is 5.01 Å². The second-order valence-corrected chi connectivity index (χ2v) is 15.1. The van der Waals surface area contributed by atoms with E-state index >= 15 is 4.79 Å². The summed E-state index contributed by atoms with van der Waals surface area (Å²) in [4.78, 5) is 59.9. The summed E-state index contributed by atoms with van der Waals surface area (Å²) in [7, 11) is 1.45. The van der Waals surface area contributed by atoms with Crippen LogP contribution >= 0.6 is 23.2 Å². The minimum absolute atomic E-state index is 0.0186. The summed E-state index contributed by atoms with van der Waals surface area (Å²) in [5.41, 5.74) is 2.39. The minimum atomic E-state index is -5.10. The summed E-state index contributed by atoms with van der Waals surface area (Å²) in [6.07, 6.45) is -3.40. The molecule has 1 saturated carbocycles. The van der Waals surface area contributed by atoms with Crippen molar-refractivity contribution in [2.75, 3.05) is 12.5 Å². The number of aromatic hydroxyl groups is 1. The third-order valence-corrected chi connectivity index (χ3v) is 11.9. The van der Waals surface area contributed by atoms with Crippen LogP contribution in [-0.2, 0) is 31.1 Å². The van der Waals surface area contributed by atoms with E-state index in [-0.39, 0.29) is 41.6 Å². The minimum Gasteiger partial charge on any atom is -0.508 e. The van der Waals surface area contributed by atoms with Gasteiger partial charge in [0.1, 0.15) is 17.2 Å². The number of phenols is 1. The number of benzene rings is 4. The molecule has 4 amide bonds. The van der Waals surface area contributed by atoms with Crippen LogP contribution in [0.25, 0.3) is 0 Å². The van der Waals surface area contributed by atoms with Crippen molar-refractivity contribution >= 4 is 52.5 Å². The van der Waals surface area contributed by atoms with Gasteiger partial charge in [-0.25, -0.2) is 0 Å². The van der Waals surface area contributed by atoms with Gasteiger partial charge in [0.25, 0.3) is 11.8 Å². The number of methoxy groups -OCH3 is 1. The van der Waals surface area contributed by atoms with Gasteiger partial charge in [-0.05, 0) is 78.4 Å². The highest BCUT2D eigenvalue weighted by Crippen LogP contribution is 2.65. The van der Waals surface area contributed by atoms with Crippen LogP contribution in [0.15, 0.2) is 103 Å². The van der Waals surface area contributed by atoms with E-state index < -0.39 is 70.6 Å². The second-order valence-electron chi connectivity index (χ2n) is 14.2. The highest BCUT2D eigenvalue weighted by molar-refractivity contribution is 6.36. The maximum Gasteiger partial charge on any atom is 0.573 e. The van der Waals surface area contributed by atoms with Crippen molar-refractivity contribution in [1.29, 1.82) is 0 Å². The number of hydrogen-bond acceptors (Lipinski definition) is 8. The van der Waals surface area contributed by atoms with Gasteiger partial charge in [0.05, 0.1) is 47.5 Å². The van der Waals surface area contributed by atoms with Crippen molar-refractivity contribution in [2.24, 2.45) is 23.7 Å². The fourth-order valence-electron chi connectivity index (χ4n) is 9.14. The second kappa shape index (κ2) is 13.9. The number of amides is 4. The molecule has 288 valence electrons. The van der Waals surface area contributed by atoms with Crippen LogP contribution in [0.5, 0.6) is 17.2 Å². The molecule has 2 aliphatic heterocycles. The highest BCUT2D eigenvalue weighted by atomic mass is 35.5. The number of fused-ring (bicyclic) bond motifs is 4. The number of hydrogen-bond donors (Lipinski definition) is 2. The van der Waals surface area contributed by atoms with Gasteiger partial charge in [0.15, 0.2) is 0 Å². The largest absolute Gasteiger partial charge is 0.573 e. The zero-order valence-electron chi connectivity index (χ0n) is 29.4. The summed E-state index contributed by atoms with van der Waals surface area (Å²) in [6, 6.07) is 22.7. The van der Waals surface area contributed by atoms with E-state index in [9.17, 15) is 32.7 Å². The summed E-state index contributed by atoms with van der Waals surface area (Å²) >= 11 is 12.6. The van der Waals surface area contributed by atoms with Gasteiger partial charge in [0.2, 0.25) is 11.8 Å². The third kappa shape index (κ3) is 6.04. The molecule has 6 atom stereocenters. The van der Waals surface area contributed by atoms with Gasteiger partial charge in [-0.15, -0.1) is 13.2 Å². The van der Waals surface area contributed by atoms with Crippen LogP contribution in [-0.4, -0.2) is 52.1 Å². The quantitative estimate of drug-likeness (QED) is 0.137. The zero-order chi connectivity index (χ0) is 39.7. The Balaban J connectivity index is 1.34. The van der Waals surface area contributed by atoms with Crippen LogP contribution in [0, 0.1) is 23.7 Å². The smallest absolute Gasteiger partial charge is 0.508 e. The molecule has 0 radical (unpaired) electrons. The predicted octanol–water partition coefficient (Wildman–Crippen LogP) is 7.79. The van der Waals surface area contributed by atoms with Gasteiger partial charge >= 0.3 is 6.36 Å². The van der Waals surface area contributed by atoms with E-state index in [2.05, 4.69) is 10.2 Å². The molecule has 0 spiro atoms. The number of imide groups is 2. The summed E-state index contributed by atoms with van der Waals surface area (Å²) in [6.45, 7) is 0.0186. The lowest BCUT2D eigenvalue weighted by Gasteiger charge is -2.50. The molecular formula is C41H32Cl2F3N3O7. The van der Waals surface area contributed by atoms with Crippen molar-refractivity contribution in [3.63, 3.8) is 0 Å². The third-order valence-electron chi connectivity index (χ3n) is 11.4. The molecule has 4 aromatic rings. The maximum atomic E-state index is 15.4. The SMILES string of the molecule is COc1ccc([C@@]23C(=O)N(Nc4ccc(Cl)cc4Cl)C(=O)[C@@H]2C[C@@H]2C(=CC[C@@H]4C(=O)N(Cc5ccccc5)C(=O)[C@@H]42)[C@@H]3c2cc(OC(F)(F)F)ccc2O)cc1. The van der Waals surface area contributed by atoms with Gasteiger partial charge in [0, 0.05) is 16.5 Å². The number of ether oxygens (including phenoxy) is 2. The van der Waals surface area contributed by atoms with Crippen molar-refractivity contribution < 1.29 is 46.9 Å². The van der Waals surface area contributed by atoms with Crippen LogP contribution in [0.3, 0.4) is 0 Å². The van der Waals surface area contributed by atoms with Crippen molar-refractivity contribution in [3.05, 3.63) is 129 Å². The van der Waals surface area contributed by atoms with E-state index in [0.29, 0.717) is 21.9 Å². The van der Waals surface area contributed by atoms with Crippen LogP contribution in [0.1, 0.15) is 35.4 Å². The summed E-state index contributed by atoms with van der Waals surface area (Å²) in [5, 5.41) is 12.8. The van der Waals surface area contributed by atoms with Gasteiger partial charge in [-0.1, -0.05) is 77.3 Å². The highest BCUT2D eigenvalue weighted by Gasteiger charge is 2.70. The van der Waals surface area contributed by atoms with E-state index in [1.165, 1.54) is 30.2 Å². The molecule has 15 heteroatoms. The molecule has 4 aliphatic rings. The predicted molar refractivity (Wildman–Crippen MR) is 197 cm³/mol. The number of allylic oxidation sites excluding steroid dienone is 2. The average Bonchev–Trinajstić information content (AvgIpc) is 3.53.